The van der Waals surface area contributed by atoms with Crippen molar-refractivity contribution in [2.45, 2.75) is 6.18 Å². The van der Waals surface area contributed by atoms with Crippen LogP contribution in [0.4, 0.5) is 19.0 Å². The Morgan fingerprint density at radius 3 is 2.56 bits per heavy atom. The second-order valence-corrected chi connectivity index (χ2v) is 4.80. The van der Waals surface area contributed by atoms with Crippen LogP contribution in [0.1, 0.15) is 5.56 Å². The number of rotatable bonds is 2. The van der Waals surface area contributed by atoms with Gasteiger partial charge in [-0.1, -0.05) is 11.6 Å². The number of nitrogens with zero attached hydrogens (tertiary/aromatic N) is 1. The van der Waals surface area contributed by atoms with Crippen LogP contribution in [0.25, 0.3) is 10.6 Å². The molecule has 2 aromatic rings. The number of pyridine rings is 1. The lowest BCUT2D eigenvalue weighted by atomic mass is 10.2. The fourth-order valence-corrected chi connectivity index (χ4v) is 2.53. The van der Waals surface area contributed by atoms with Gasteiger partial charge >= 0.3 is 6.18 Å². The maximum atomic E-state index is 12.7. The van der Waals surface area contributed by atoms with E-state index in [2.05, 4.69) is 10.3 Å². The van der Waals surface area contributed by atoms with E-state index in [-0.39, 0.29) is 11.5 Å². The van der Waals surface area contributed by atoms with E-state index in [9.17, 15) is 13.2 Å². The standard InChI is InChI=1S/C11H8ClF3N2S/c1-16-9-5-6(11(13,14)15)4-8(17-9)10-7(12)2-3-18-10/h2-5H,1H3,(H,16,17). The monoisotopic (exact) mass is 292 g/mol. The van der Waals surface area contributed by atoms with Crippen molar-refractivity contribution in [2.75, 3.05) is 12.4 Å². The van der Waals surface area contributed by atoms with Crippen LogP contribution in [-0.2, 0) is 6.18 Å². The highest BCUT2D eigenvalue weighted by atomic mass is 35.5. The van der Waals surface area contributed by atoms with Crippen LogP contribution in [0.3, 0.4) is 0 Å². The maximum Gasteiger partial charge on any atom is 0.416 e. The van der Waals surface area contributed by atoms with Crippen molar-refractivity contribution in [3.63, 3.8) is 0 Å². The molecule has 2 rings (SSSR count). The first-order valence-corrected chi connectivity index (χ1v) is 6.18. The molecule has 0 aliphatic heterocycles. The third kappa shape index (κ3) is 2.59. The molecule has 0 saturated carbocycles. The summed E-state index contributed by atoms with van der Waals surface area (Å²) in [6.07, 6.45) is -4.41. The van der Waals surface area contributed by atoms with E-state index in [1.807, 2.05) is 0 Å². The smallest absolute Gasteiger partial charge is 0.373 e. The fraction of sp³-hybridized carbons (Fsp3) is 0.182. The first-order valence-electron chi connectivity index (χ1n) is 4.92. The first-order chi connectivity index (χ1) is 8.41. The van der Waals surface area contributed by atoms with Crippen LogP contribution >= 0.6 is 22.9 Å². The normalized spacial score (nSPS) is 11.6. The van der Waals surface area contributed by atoms with Crippen molar-refractivity contribution in [2.24, 2.45) is 0 Å². The topological polar surface area (TPSA) is 24.9 Å². The number of nitrogens with one attached hydrogen (secondary N) is 1. The van der Waals surface area contributed by atoms with Gasteiger partial charge in [0.05, 0.1) is 21.2 Å². The number of alkyl halides is 3. The molecule has 2 aromatic heterocycles. The first kappa shape index (κ1) is 13.2. The molecule has 0 amide bonds. The highest BCUT2D eigenvalue weighted by Gasteiger charge is 2.32. The Kier molecular flexibility index (Phi) is 3.49. The fourth-order valence-electron chi connectivity index (χ4n) is 1.42. The van der Waals surface area contributed by atoms with E-state index in [4.69, 9.17) is 11.6 Å². The summed E-state index contributed by atoms with van der Waals surface area (Å²) < 4.78 is 38.2. The zero-order valence-electron chi connectivity index (χ0n) is 9.18. The Morgan fingerprint density at radius 1 is 1.33 bits per heavy atom. The van der Waals surface area contributed by atoms with Crippen LogP contribution in [0.2, 0.25) is 5.02 Å². The van der Waals surface area contributed by atoms with E-state index >= 15 is 0 Å². The van der Waals surface area contributed by atoms with E-state index < -0.39 is 11.7 Å². The van der Waals surface area contributed by atoms with E-state index in [0.717, 1.165) is 12.1 Å². The molecule has 96 valence electrons. The highest BCUT2D eigenvalue weighted by molar-refractivity contribution is 7.14. The summed E-state index contributed by atoms with van der Waals surface area (Å²) in [5.41, 5.74) is -0.532. The van der Waals surface area contributed by atoms with Crippen molar-refractivity contribution >= 4 is 28.8 Å². The van der Waals surface area contributed by atoms with Gasteiger partial charge in [-0.3, -0.25) is 0 Å². The molecule has 0 fully saturated rings. The average molecular weight is 293 g/mol. The van der Waals surface area contributed by atoms with Crippen molar-refractivity contribution in [3.05, 3.63) is 34.2 Å². The van der Waals surface area contributed by atoms with Crippen LogP contribution in [0.15, 0.2) is 23.6 Å². The molecule has 18 heavy (non-hydrogen) atoms. The van der Waals surface area contributed by atoms with Gasteiger partial charge in [0.1, 0.15) is 5.82 Å². The van der Waals surface area contributed by atoms with Gasteiger partial charge in [-0.15, -0.1) is 11.3 Å². The molecule has 2 nitrogen and oxygen atoms in total. The van der Waals surface area contributed by atoms with Crippen molar-refractivity contribution in [1.29, 1.82) is 0 Å². The minimum absolute atomic E-state index is 0.157. The highest BCUT2D eigenvalue weighted by Crippen LogP contribution is 2.37. The molecule has 2 heterocycles. The van der Waals surface area contributed by atoms with Gasteiger partial charge in [0.2, 0.25) is 0 Å². The predicted octanol–water partition coefficient (Wildman–Crippen LogP) is 4.52. The summed E-state index contributed by atoms with van der Waals surface area (Å²) in [6.45, 7) is 0. The van der Waals surface area contributed by atoms with Gasteiger partial charge in [0.25, 0.3) is 0 Å². The molecule has 0 unspecified atom stereocenters. The Morgan fingerprint density at radius 2 is 2.06 bits per heavy atom. The van der Waals surface area contributed by atoms with E-state index in [1.54, 1.807) is 11.4 Å². The number of hydrogen-bond acceptors (Lipinski definition) is 3. The van der Waals surface area contributed by atoms with Crippen molar-refractivity contribution in [1.82, 2.24) is 4.98 Å². The lowest BCUT2D eigenvalue weighted by molar-refractivity contribution is -0.137. The zero-order chi connectivity index (χ0) is 13.3. The lowest BCUT2D eigenvalue weighted by Gasteiger charge is -2.10. The second-order valence-electron chi connectivity index (χ2n) is 3.47. The summed E-state index contributed by atoms with van der Waals surface area (Å²) in [5.74, 6) is 0.157. The molecule has 0 aliphatic carbocycles. The summed E-state index contributed by atoms with van der Waals surface area (Å²) in [4.78, 5) is 4.61. The van der Waals surface area contributed by atoms with Crippen LogP contribution in [0.5, 0.6) is 0 Å². The Hall–Kier alpha value is -1.27. The maximum absolute atomic E-state index is 12.7. The number of anilines is 1. The van der Waals surface area contributed by atoms with Gasteiger partial charge in [-0.05, 0) is 23.6 Å². The molecule has 0 saturated heterocycles. The molecule has 0 atom stereocenters. The molecule has 1 N–H and O–H groups in total. The zero-order valence-corrected chi connectivity index (χ0v) is 10.7. The van der Waals surface area contributed by atoms with Crippen LogP contribution in [0, 0.1) is 0 Å². The van der Waals surface area contributed by atoms with Gasteiger partial charge in [0.15, 0.2) is 0 Å². The number of hydrogen-bond donors (Lipinski definition) is 1. The van der Waals surface area contributed by atoms with Crippen molar-refractivity contribution in [3.8, 4) is 10.6 Å². The molecular weight excluding hydrogens is 285 g/mol. The second kappa shape index (κ2) is 4.78. The lowest BCUT2D eigenvalue weighted by Crippen LogP contribution is -2.07. The molecule has 0 spiro atoms. The molecule has 0 aromatic carbocycles. The molecule has 0 radical (unpaired) electrons. The summed E-state index contributed by atoms with van der Waals surface area (Å²) in [5, 5.41) is 4.72. The minimum Gasteiger partial charge on any atom is -0.373 e. The third-order valence-corrected chi connectivity index (χ3v) is 3.62. The average Bonchev–Trinajstić information content (AvgIpc) is 2.73. The van der Waals surface area contributed by atoms with Gasteiger partial charge < -0.3 is 5.32 Å². The van der Waals surface area contributed by atoms with Crippen molar-refractivity contribution < 1.29 is 13.2 Å². The number of thiophene rings is 1. The van der Waals surface area contributed by atoms with Crippen LogP contribution in [-0.4, -0.2) is 12.0 Å². The van der Waals surface area contributed by atoms with E-state index in [0.29, 0.717) is 9.90 Å². The quantitative estimate of drug-likeness (QED) is 0.880. The SMILES string of the molecule is CNc1cc(C(F)(F)F)cc(-c2sccc2Cl)n1. The molecule has 7 heteroatoms. The third-order valence-electron chi connectivity index (χ3n) is 2.26. The van der Waals surface area contributed by atoms with E-state index in [1.165, 1.54) is 18.4 Å². The molecule has 0 aliphatic rings. The van der Waals surface area contributed by atoms with Crippen LogP contribution < -0.4 is 5.32 Å². The summed E-state index contributed by atoms with van der Waals surface area (Å²) in [6, 6.07) is 3.59. The molecular formula is C11H8ClF3N2S. The number of halogens is 4. The Bertz CT molecular complexity index is 566. The minimum atomic E-state index is -4.41. The van der Waals surface area contributed by atoms with Gasteiger partial charge in [0, 0.05) is 7.05 Å². The predicted molar refractivity (Wildman–Crippen MR) is 67.1 cm³/mol. The summed E-state index contributed by atoms with van der Waals surface area (Å²) in [7, 11) is 1.52. The van der Waals surface area contributed by atoms with Gasteiger partial charge in [-0.25, -0.2) is 4.98 Å². The van der Waals surface area contributed by atoms with Gasteiger partial charge in [-0.2, -0.15) is 13.2 Å². The Balaban J connectivity index is 2.58. The summed E-state index contributed by atoms with van der Waals surface area (Å²) >= 11 is 7.16. The Labute approximate surface area is 110 Å². The number of aromatic nitrogens is 1. The molecule has 0 bridgehead atoms. The largest absolute Gasteiger partial charge is 0.416 e.